The van der Waals surface area contributed by atoms with Crippen LogP contribution in [0.25, 0.3) is 11.0 Å². The van der Waals surface area contributed by atoms with Crippen molar-refractivity contribution in [3.05, 3.63) is 58.1 Å². The molecule has 0 aliphatic heterocycles. The predicted molar refractivity (Wildman–Crippen MR) is 105 cm³/mol. The Morgan fingerprint density at radius 3 is 2.61 bits per heavy atom. The number of nitrogens with zero attached hydrogens (tertiary/aromatic N) is 3. The van der Waals surface area contributed by atoms with Crippen molar-refractivity contribution in [3.63, 3.8) is 0 Å². The van der Waals surface area contributed by atoms with Crippen LogP contribution in [0.2, 0.25) is 0 Å². The van der Waals surface area contributed by atoms with Crippen LogP contribution in [0.1, 0.15) is 24.2 Å². The fraction of sp³-hybridized carbons (Fsp3) is 0.176. The molecule has 0 unspecified atom stereocenters. The zero-order valence-corrected chi connectivity index (χ0v) is 15.8. The summed E-state index contributed by atoms with van der Waals surface area (Å²) in [7, 11) is -3.76. The van der Waals surface area contributed by atoms with E-state index in [0.717, 1.165) is 10.0 Å². The minimum Gasteiger partial charge on any atom is -0.368 e. The molecule has 0 bridgehead atoms. The van der Waals surface area contributed by atoms with E-state index in [9.17, 15) is 23.3 Å². The number of imidazole rings is 1. The molecule has 0 saturated carbocycles. The number of carbonyl (C=O) groups excluding carboxylic acids is 1. The van der Waals surface area contributed by atoms with Gasteiger partial charge >= 0.3 is 0 Å². The predicted octanol–water partition coefficient (Wildman–Crippen LogP) is 2.37. The van der Waals surface area contributed by atoms with Crippen molar-refractivity contribution in [1.82, 2.24) is 8.96 Å². The Labute approximate surface area is 160 Å². The number of carbonyl (C=O) groups is 1. The molecule has 146 valence electrons. The molecular weight excluding hydrogens is 386 g/mol. The Hall–Kier alpha value is -3.47. The number of rotatable bonds is 5. The van der Waals surface area contributed by atoms with Gasteiger partial charge in [-0.05, 0) is 38.1 Å². The molecule has 2 aromatic carbocycles. The van der Waals surface area contributed by atoms with Crippen LogP contribution in [0.3, 0.4) is 0 Å². The lowest BCUT2D eigenvalue weighted by molar-refractivity contribution is -0.384. The zero-order chi connectivity index (χ0) is 20.6. The van der Waals surface area contributed by atoms with Crippen molar-refractivity contribution >= 4 is 44.3 Å². The van der Waals surface area contributed by atoms with Crippen molar-refractivity contribution in [1.29, 1.82) is 0 Å². The highest BCUT2D eigenvalue weighted by Crippen LogP contribution is 2.25. The maximum Gasteiger partial charge on any atom is 0.270 e. The molecule has 1 amide bonds. The number of nitro groups is 1. The van der Waals surface area contributed by atoms with Crippen LogP contribution in [-0.2, 0) is 10.0 Å². The quantitative estimate of drug-likeness (QED) is 0.490. The van der Waals surface area contributed by atoms with Gasteiger partial charge in [0.25, 0.3) is 11.6 Å². The molecule has 11 heteroatoms. The van der Waals surface area contributed by atoms with Gasteiger partial charge in [0.1, 0.15) is 0 Å². The largest absolute Gasteiger partial charge is 0.368 e. The van der Waals surface area contributed by atoms with Gasteiger partial charge in [-0.2, -0.15) is 0 Å². The standard InChI is InChI=1S/C17H17N5O5S/c1-10(2)28(26,27)21-15-9-12(6-7-14(15)20-17(21)18)19-16(23)11-4-3-5-13(8-11)22(24)25/h3-10H,1-2H3,(H2,18,20)(H,19,23). The van der Waals surface area contributed by atoms with Crippen LogP contribution in [0, 0.1) is 10.1 Å². The third kappa shape index (κ3) is 3.39. The van der Waals surface area contributed by atoms with Gasteiger partial charge in [-0.1, -0.05) is 6.07 Å². The Balaban J connectivity index is 2.00. The van der Waals surface area contributed by atoms with Crippen LogP contribution < -0.4 is 11.1 Å². The average Bonchev–Trinajstić information content (AvgIpc) is 2.97. The highest BCUT2D eigenvalue weighted by molar-refractivity contribution is 7.90. The molecule has 0 aliphatic carbocycles. The minimum absolute atomic E-state index is 0.0946. The van der Waals surface area contributed by atoms with Crippen LogP contribution in [0.4, 0.5) is 17.3 Å². The number of nitro benzene ring substituents is 1. The normalized spacial score (nSPS) is 11.7. The summed E-state index contributed by atoms with van der Waals surface area (Å²) in [5.41, 5.74) is 6.55. The lowest BCUT2D eigenvalue weighted by Crippen LogP contribution is -2.23. The molecule has 28 heavy (non-hydrogen) atoms. The van der Waals surface area contributed by atoms with Gasteiger partial charge in [-0.3, -0.25) is 14.9 Å². The van der Waals surface area contributed by atoms with Gasteiger partial charge < -0.3 is 11.1 Å². The van der Waals surface area contributed by atoms with Crippen LogP contribution in [-0.4, -0.2) is 33.5 Å². The van der Waals surface area contributed by atoms with Crippen LogP contribution >= 0.6 is 0 Å². The molecule has 0 aliphatic rings. The first-order valence-electron chi connectivity index (χ1n) is 8.19. The van der Waals surface area contributed by atoms with Crippen molar-refractivity contribution in [3.8, 4) is 0 Å². The molecule has 3 N–H and O–H groups in total. The molecule has 10 nitrogen and oxygen atoms in total. The monoisotopic (exact) mass is 403 g/mol. The van der Waals surface area contributed by atoms with Gasteiger partial charge in [0, 0.05) is 23.4 Å². The van der Waals surface area contributed by atoms with Gasteiger partial charge in [-0.25, -0.2) is 17.4 Å². The van der Waals surface area contributed by atoms with Gasteiger partial charge in [-0.15, -0.1) is 0 Å². The minimum atomic E-state index is -3.76. The molecule has 0 fully saturated rings. The fourth-order valence-corrected chi connectivity index (χ4v) is 3.74. The number of fused-ring (bicyclic) bond motifs is 1. The highest BCUT2D eigenvalue weighted by Gasteiger charge is 2.24. The number of amides is 1. The van der Waals surface area contributed by atoms with E-state index in [1.807, 2.05) is 0 Å². The summed E-state index contributed by atoms with van der Waals surface area (Å²) in [5, 5.41) is 12.7. The summed E-state index contributed by atoms with van der Waals surface area (Å²) < 4.78 is 26.1. The van der Waals surface area contributed by atoms with Gasteiger partial charge in [0.2, 0.25) is 16.0 Å². The first-order chi connectivity index (χ1) is 13.1. The Morgan fingerprint density at radius 2 is 1.96 bits per heavy atom. The first kappa shape index (κ1) is 19.3. The number of nitrogen functional groups attached to an aromatic ring is 1. The third-order valence-corrected chi connectivity index (χ3v) is 6.15. The van der Waals surface area contributed by atoms with E-state index < -0.39 is 26.1 Å². The zero-order valence-electron chi connectivity index (χ0n) is 15.0. The molecule has 0 spiro atoms. The van der Waals surface area contributed by atoms with Crippen LogP contribution in [0.15, 0.2) is 42.5 Å². The summed E-state index contributed by atoms with van der Waals surface area (Å²) in [5.74, 6) is -0.750. The number of hydrogen-bond donors (Lipinski definition) is 2. The Kier molecular flexibility index (Phi) is 4.77. The summed E-state index contributed by atoms with van der Waals surface area (Å²) in [6.07, 6.45) is 0. The smallest absolute Gasteiger partial charge is 0.270 e. The van der Waals surface area contributed by atoms with E-state index in [-0.39, 0.29) is 22.7 Å². The topological polar surface area (TPSA) is 150 Å². The van der Waals surface area contributed by atoms with Crippen LogP contribution in [0.5, 0.6) is 0 Å². The molecule has 3 aromatic rings. The molecular formula is C17H17N5O5S. The van der Waals surface area contributed by atoms with E-state index in [2.05, 4.69) is 10.3 Å². The van der Waals surface area contributed by atoms with E-state index in [4.69, 9.17) is 5.73 Å². The van der Waals surface area contributed by atoms with Crippen molar-refractivity contribution in [2.75, 3.05) is 11.1 Å². The highest BCUT2D eigenvalue weighted by atomic mass is 32.2. The summed E-state index contributed by atoms with van der Waals surface area (Å²) in [6, 6.07) is 9.78. The first-order valence-corrected chi connectivity index (χ1v) is 9.69. The number of anilines is 2. The molecule has 0 radical (unpaired) electrons. The molecule has 1 heterocycles. The number of nitrogens with one attached hydrogen (secondary N) is 1. The molecule has 0 atom stereocenters. The number of benzene rings is 2. The summed E-state index contributed by atoms with van der Waals surface area (Å²) >= 11 is 0. The number of hydrogen-bond acceptors (Lipinski definition) is 7. The third-order valence-electron chi connectivity index (χ3n) is 4.06. The Morgan fingerprint density at radius 1 is 1.25 bits per heavy atom. The van der Waals surface area contributed by atoms with Gasteiger partial charge in [0.05, 0.1) is 21.2 Å². The number of nitrogens with two attached hydrogens (primary N) is 1. The molecule has 3 rings (SSSR count). The van der Waals surface area contributed by atoms with Crippen molar-refractivity contribution in [2.24, 2.45) is 0 Å². The second-order valence-corrected chi connectivity index (χ2v) is 8.63. The number of non-ortho nitro benzene ring substituents is 1. The average molecular weight is 403 g/mol. The second kappa shape index (κ2) is 6.93. The summed E-state index contributed by atoms with van der Waals surface area (Å²) in [4.78, 5) is 26.7. The van der Waals surface area contributed by atoms with E-state index in [1.165, 1.54) is 50.2 Å². The van der Waals surface area contributed by atoms with E-state index >= 15 is 0 Å². The molecule has 0 saturated heterocycles. The molecule has 1 aromatic heterocycles. The summed E-state index contributed by atoms with van der Waals surface area (Å²) in [6.45, 7) is 3.04. The lowest BCUT2D eigenvalue weighted by atomic mass is 10.2. The number of aromatic nitrogens is 2. The fourth-order valence-electron chi connectivity index (χ4n) is 2.59. The SMILES string of the molecule is CC(C)S(=O)(=O)n1c(N)nc2ccc(NC(=O)c3cccc([N+](=O)[O-])c3)cc21. The Bertz CT molecular complexity index is 1200. The maximum atomic E-state index is 12.6. The van der Waals surface area contributed by atoms with E-state index in [1.54, 1.807) is 0 Å². The van der Waals surface area contributed by atoms with Crippen molar-refractivity contribution < 1.29 is 18.1 Å². The lowest BCUT2D eigenvalue weighted by Gasteiger charge is -2.11. The van der Waals surface area contributed by atoms with Gasteiger partial charge in [0.15, 0.2) is 0 Å². The maximum absolute atomic E-state index is 12.6. The van der Waals surface area contributed by atoms with Crippen molar-refractivity contribution in [2.45, 2.75) is 19.1 Å². The van der Waals surface area contributed by atoms with E-state index in [0.29, 0.717) is 11.2 Å². The second-order valence-electron chi connectivity index (χ2n) is 6.29.